The molecule has 6 heteroatoms. The minimum Gasteiger partial charge on any atom is -0.461 e. The predicted molar refractivity (Wildman–Crippen MR) is 122 cm³/mol. The molecule has 0 atom stereocenters. The van der Waals surface area contributed by atoms with Crippen molar-refractivity contribution in [1.29, 1.82) is 0 Å². The quantitative estimate of drug-likeness (QED) is 0.404. The molecule has 0 saturated carbocycles. The summed E-state index contributed by atoms with van der Waals surface area (Å²) in [5.74, 6) is 0.388. The largest absolute Gasteiger partial charge is 0.461 e. The number of aromatic nitrogens is 2. The minimum atomic E-state index is -0.315. The van der Waals surface area contributed by atoms with Crippen LogP contribution in [0.4, 0.5) is 11.5 Å². The molecule has 5 nitrogen and oxygen atoms in total. The number of anilines is 2. The van der Waals surface area contributed by atoms with Crippen LogP contribution in [0.25, 0.3) is 10.2 Å². The zero-order valence-electron chi connectivity index (χ0n) is 17.2. The maximum atomic E-state index is 12.7. The van der Waals surface area contributed by atoms with Crippen molar-refractivity contribution in [3.8, 4) is 0 Å². The van der Waals surface area contributed by atoms with Crippen LogP contribution in [0.1, 0.15) is 31.9 Å². The second-order valence-electron chi connectivity index (χ2n) is 7.22. The fourth-order valence-corrected chi connectivity index (χ4v) is 4.51. The molecule has 0 spiro atoms. The number of carbonyl (C=O) groups excluding carboxylic acids is 1. The van der Waals surface area contributed by atoms with Crippen molar-refractivity contribution in [3.63, 3.8) is 0 Å². The van der Waals surface area contributed by atoms with Gasteiger partial charge in [0.25, 0.3) is 0 Å². The van der Waals surface area contributed by atoms with Gasteiger partial charge in [0.15, 0.2) is 0 Å². The molecule has 0 radical (unpaired) electrons. The van der Waals surface area contributed by atoms with Crippen molar-refractivity contribution in [2.45, 2.75) is 27.2 Å². The number of carbonyl (C=O) groups is 1. The molecule has 0 amide bonds. The maximum Gasteiger partial charge on any atom is 0.348 e. The molecule has 0 fully saturated rings. The second-order valence-corrected chi connectivity index (χ2v) is 8.22. The number of nitrogens with one attached hydrogen (secondary N) is 1. The summed E-state index contributed by atoms with van der Waals surface area (Å²) in [6, 6.07) is 16.1. The van der Waals surface area contributed by atoms with Crippen molar-refractivity contribution in [1.82, 2.24) is 9.97 Å². The van der Waals surface area contributed by atoms with Crippen LogP contribution in [0.2, 0.25) is 0 Å². The van der Waals surface area contributed by atoms with Crippen LogP contribution in [0.5, 0.6) is 0 Å². The highest BCUT2D eigenvalue weighted by molar-refractivity contribution is 7.20. The Kier molecular flexibility index (Phi) is 5.77. The zero-order valence-corrected chi connectivity index (χ0v) is 18.0. The first-order valence-corrected chi connectivity index (χ1v) is 10.6. The van der Waals surface area contributed by atoms with Gasteiger partial charge in [-0.1, -0.05) is 48.5 Å². The van der Waals surface area contributed by atoms with Crippen molar-refractivity contribution in [3.05, 3.63) is 82.0 Å². The first-order chi connectivity index (χ1) is 14.5. The van der Waals surface area contributed by atoms with E-state index in [1.54, 1.807) is 0 Å². The number of esters is 1. The predicted octanol–water partition coefficient (Wildman–Crippen LogP) is 5.76. The molecule has 152 valence electrons. The summed E-state index contributed by atoms with van der Waals surface area (Å²) in [5.41, 5.74) is 5.28. The number of para-hydroxylation sites is 1. The molecule has 0 aliphatic heterocycles. The van der Waals surface area contributed by atoms with Gasteiger partial charge >= 0.3 is 5.97 Å². The number of ether oxygens (including phenoxy) is 1. The minimum absolute atomic E-state index is 0.315. The number of nitrogens with zero attached hydrogens (tertiary/aromatic N) is 2. The van der Waals surface area contributed by atoms with E-state index in [1.807, 2.05) is 43.3 Å². The van der Waals surface area contributed by atoms with Gasteiger partial charge in [0, 0.05) is 12.1 Å². The lowest BCUT2D eigenvalue weighted by molar-refractivity contribution is 0.0514. The number of benzene rings is 2. The normalized spacial score (nSPS) is 10.9. The van der Waals surface area contributed by atoms with Crippen molar-refractivity contribution < 1.29 is 9.53 Å². The molecule has 4 rings (SSSR count). The lowest BCUT2D eigenvalue weighted by Gasteiger charge is -2.12. The third-order valence-corrected chi connectivity index (χ3v) is 6.28. The SMILES string of the molecule is Cc1cccc(C)c1Nc1ncnc2sc(C(=O)OCCc3ccccc3)c(C)c12. The Morgan fingerprint density at radius 3 is 2.47 bits per heavy atom. The van der Waals surface area contributed by atoms with Gasteiger partial charge in [0.2, 0.25) is 0 Å². The molecule has 0 unspecified atom stereocenters. The van der Waals surface area contributed by atoms with Gasteiger partial charge in [-0.05, 0) is 43.0 Å². The summed E-state index contributed by atoms with van der Waals surface area (Å²) >= 11 is 1.35. The molecule has 0 saturated heterocycles. The Bertz CT molecular complexity index is 1180. The first kappa shape index (κ1) is 20.0. The summed E-state index contributed by atoms with van der Waals surface area (Å²) in [6.07, 6.45) is 2.22. The molecule has 30 heavy (non-hydrogen) atoms. The molecule has 2 heterocycles. The zero-order chi connectivity index (χ0) is 21.1. The van der Waals surface area contributed by atoms with Gasteiger partial charge in [-0.3, -0.25) is 0 Å². The molecule has 0 aliphatic rings. The van der Waals surface area contributed by atoms with E-state index >= 15 is 0 Å². The van der Waals surface area contributed by atoms with Crippen LogP contribution in [0.15, 0.2) is 54.9 Å². The van der Waals surface area contributed by atoms with Crippen LogP contribution >= 0.6 is 11.3 Å². The van der Waals surface area contributed by atoms with E-state index in [4.69, 9.17) is 4.74 Å². The average molecular weight is 418 g/mol. The third kappa shape index (κ3) is 4.04. The van der Waals surface area contributed by atoms with E-state index in [1.165, 1.54) is 17.7 Å². The molecule has 2 aromatic heterocycles. The molecule has 2 aromatic carbocycles. The van der Waals surface area contributed by atoms with Crippen molar-refractivity contribution >= 4 is 39.0 Å². The van der Waals surface area contributed by atoms with Crippen LogP contribution < -0.4 is 5.32 Å². The molecular weight excluding hydrogens is 394 g/mol. The Balaban J connectivity index is 1.58. The smallest absolute Gasteiger partial charge is 0.348 e. The van der Waals surface area contributed by atoms with Crippen LogP contribution in [-0.2, 0) is 11.2 Å². The second kappa shape index (κ2) is 8.63. The topological polar surface area (TPSA) is 64.1 Å². The lowest BCUT2D eigenvalue weighted by Crippen LogP contribution is -2.07. The van der Waals surface area contributed by atoms with Gasteiger partial charge < -0.3 is 10.1 Å². The van der Waals surface area contributed by atoms with E-state index < -0.39 is 0 Å². The molecule has 0 bridgehead atoms. The van der Waals surface area contributed by atoms with Crippen LogP contribution in [0, 0.1) is 20.8 Å². The van der Waals surface area contributed by atoms with Crippen molar-refractivity contribution in [2.24, 2.45) is 0 Å². The molecule has 1 N–H and O–H groups in total. The summed E-state index contributed by atoms with van der Waals surface area (Å²) in [7, 11) is 0. The molecule has 0 aliphatic carbocycles. The van der Waals surface area contributed by atoms with Gasteiger partial charge in [0.05, 0.1) is 12.0 Å². The van der Waals surface area contributed by atoms with E-state index in [2.05, 4.69) is 41.3 Å². The standard InChI is InChI=1S/C24H23N3O2S/c1-15-8-7-9-16(2)20(15)27-22-19-17(3)21(30-23(19)26-14-25-22)24(28)29-13-12-18-10-5-4-6-11-18/h4-11,14H,12-13H2,1-3H3,(H,25,26,27). The molecular formula is C24H23N3O2S. The van der Waals surface area contributed by atoms with Crippen LogP contribution in [0.3, 0.4) is 0 Å². The number of fused-ring (bicyclic) bond motifs is 1. The highest BCUT2D eigenvalue weighted by Crippen LogP contribution is 2.35. The number of thiophene rings is 1. The Morgan fingerprint density at radius 2 is 1.73 bits per heavy atom. The Labute approximate surface area is 179 Å². The first-order valence-electron chi connectivity index (χ1n) is 9.83. The number of hydrogen-bond acceptors (Lipinski definition) is 6. The van der Waals surface area contributed by atoms with E-state index in [9.17, 15) is 4.79 Å². The van der Waals surface area contributed by atoms with Gasteiger partial charge in [0.1, 0.15) is 21.9 Å². The summed E-state index contributed by atoms with van der Waals surface area (Å²) < 4.78 is 5.54. The average Bonchev–Trinajstić information content (AvgIpc) is 3.09. The van der Waals surface area contributed by atoms with Gasteiger partial charge in [-0.15, -0.1) is 11.3 Å². The number of aryl methyl sites for hydroxylation is 3. The van der Waals surface area contributed by atoms with Crippen molar-refractivity contribution in [2.75, 3.05) is 11.9 Å². The van der Waals surface area contributed by atoms with Gasteiger partial charge in [-0.2, -0.15) is 0 Å². The highest BCUT2D eigenvalue weighted by atomic mass is 32.1. The maximum absolute atomic E-state index is 12.7. The highest BCUT2D eigenvalue weighted by Gasteiger charge is 2.21. The Hall–Kier alpha value is -3.25. The monoisotopic (exact) mass is 417 g/mol. The fourth-order valence-electron chi connectivity index (χ4n) is 3.46. The van der Waals surface area contributed by atoms with E-state index in [-0.39, 0.29) is 5.97 Å². The van der Waals surface area contributed by atoms with E-state index in [0.717, 1.165) is 38.2 Å². The summed E-state index contributed by atoms with van der Waals surface area (Å²) in [4.78, 5) is 22.9. The van der Waals surface area contributed by atoms with E-state index in [0.29, 0.717) is 23.7 Å². The van der Waals surface area contributed by atoms with Crippen LogP contribution in [-0.4, -0.2) is 22.5 Å². The molecule has 4 aromatic rings. The number of hydrogen-bond donors (Lipinski definition) is 1. The Morgan fingerprint density at radius 1 is 1.00 bits per heavy atom. The third-order valence-electron chi connectivity index (χ3n) is 5.10. The summed E-state index contributed by atoms with van der Waals surface area (Å²) in [5, 5.41) is 4.31. The van der Waals surface area contributed by atoms with Gasteiger partial charge in [-0.25, -0.2) is 14.8 Å². The summed E-state index contributed by atoms with van der Waals surface area (Å²) in [6.45, 7) is 6.38. The number of rotatable bonds is 6. The lowest BCUT2D eigenvalue weighted by atomic mass is 10.1. The fraction of sp³-hybridized carbons (Fsp3) is 0.208.